The number of benzene rings is 1. The minimum Gasteiger partial charge on any atom is -0.456 e. The lowest BCUT2D eigenvalue weighted by atomic mass is 9.95. The smallest absolute Gasteiger partial charge is 0.306 e. The van der Waals surface area contributed by atoms with Gasteiger partial charge in [-0.15, -0.1) is 11.8 Å². The van der Waals surface area contributed by atoms with E-state index in [1.54, 1.807) is 11.8 Å². The Labute approximate surface area is 142 Å². The fourth-order valence-electron chi connectivity index (χ4n) is 2.66. The highest BCUT2D eigenvalue weighted by molar-refractivity contribution is 7.99. The first-order chi connectivity index (χ1) is 11.2. The summed E-state index contributed by atoms with van der Waals surface area (Å²) in [6.45, 7) is -0.152. The van der Waals surface area contributed by atoms with E-state index in [1.807, 2.05) is 18.2 Å². The molecule has 0 aromatic heterocycles. The fraction of sp³-hybridized carbons (Fsp3) is 0.556. The van der Waals surface area contributed by atoms with Gasteiger partial charge in [-0.25, -0.2) is 0 Å². The number of esters is 1. The van der Waals surface area contributed by atoms with Gasteiger partial charge in [0.25, 0.3) is 5.91 Å². The van der Waals surface area contributed by atoms with E-state index in [0.29, 0.717) is 6.42 Å². The molecule has 0 saturated heterocycles. The topological polar surface area (TPSA) is 55.4 Å². The normalized spacial score (nSPS) is 15.1. The second-order valence-electron chi connectivity index (χ2n) is 5.83. The maximum absolute atomic E-state index is 11.7. The molecule has 0 spiro atoms. The van der Waals surface area contributed by atoms with Crippen molar-refractivity contribution in [3.63, 3.8) is 0 Å². The van der Waals surface area contributed by atoms with Crippen molar-refractivity contribution < 1.29 is 14.3 Å². The molecule has 1 N–H and O–H groups in total. The zero-order valence-electron chi connectivity index (χ0n) is 13.5. The predicted octanol–water partition coefficient (Wildman–Crippen LogP) is 3.55. The summed E-state index contributed by atoms with van der Waals surface area (Å²) in [6, 6.07) is 10.4. The molecule has 23 heavy (non-hydrogen) atoms. The molecule has 0 atom stereocenters. The van der Waals surface area contributed by atoms with Gasteiger partial charge in [-0.3, -0.25) is 9.59 Å². The molecule has 0 heterocycles. The monoisotopic (exact) mass is 335 g/mol. The zero-order chi connectivity index (χ0) is 16.3. The van der Waals surface area contributed by atoms with Crippen LogP contribution in [0.4, 0.5) is 0 Å². The van der Waals surface area contributed by atoms with Crippen LogP contribution in [-0.2, 0) is 14.3 Å². The third kappa shape index (κ3) is 7.55. The van der Waals surface area contributed by atoms with Crippen LogP contribution in [0.1, 0.15) is 44.9 Å². The van der Waals surface area contributed by atoms with Crippen molar-refractivity contribution in [3.05, 3.63) is 30.3 Å². The number of amides is 1. The predicted molar refractivity (Wildman–Crippen MR) is 92.4 cm³/mol. The molecule has 0 radical (unpaired) electrons. The summed E-state index contributed by atoms with van der Waals surface area (Å²) >= 11 is 1.72. The highest BCUT2D eigenvalue weighted by Gasteiger charge is 2.16. The maximum Gasteiger partial charge on any atom is 0.306 e. The summed E-state index contributed by atoms with van der Waals surface area (Å²) < 4.78 is 5.04. The van der Waals surface area contributed by atoms with Crippen molar-refractivity contribution in [3.8, 4) is 0 Å². The third-order valence-corrected chi connectivity index (χ3v) is 4.97. The average molecular weight is 335 g/mol. The standard InChI is InChI=1S/C18H25NO3S/c20-17(19-15-8-3-1-4-9-15)14-22-18(21)12-7-13-23-16-10-5-2-6-11-16/h2,5-6,10-11,15H,1,3-4,7-9,12-14H2,(H,19,20). The lowest BCUT2D eigenvalue weighted by Gasteiger charge is -2.22. The summed E-state index contributed by atoms with van der Waals surface area (Å²) in [4.78, 5) is 24.6. The van der Waals surface area contributed by atoms with Gasteiger partial charge >= 0.3 is 5.97 Å². The van der Waals surface area contributed by atoms with Gasteiger partial charge < -0.3 is 10.1 Å². The van der Waals surface area contributed by atoms with Crippen LogP contribution in [0, 0.1) is 0 Å². The fourth-order valence-corrected chi connectivity index (χ4v) is 3.53. The first kappa shape index (κ1) is 17.9. The number of rotatable bonds is 8. The van der Waals surface area contributed by atoms with Crippen molar-refractivity contribution in [1.82, 2.24) is 5.32 Å². The van der Waals surface area contributed by atoms with E-state index < -0.39 is 0 Å². The Kier molecular flexibility index (Phi) is 8.01. The molecule has 0 bridgehead atoms. The van der Waals surface area contributed by atoms with Gasteiger partial charge in [0.2, 0.25) is 0 Å². The highest BCUT2D eigenvalue weighted by Crippen LogP contribution is 2.18. The number of ether oxygens (including phenoxy) is 1. The van der Waals surface area contributed by atoms with Crippen molar-refractivity contribution in [2.24, 2.45) is 0 Å². The molecule has 1 saturated carbocycles. The van der Waals surface area contributed by atoms with Crippen molar-refractivity contribution in [1.29, 1.82) is 0 Å². The van der Waals surface area contributed by atoms with Gasteiger partial charge in [-0.1, -0.05) is 37.5 Å². The SMILES string of the molecule is O=C(COC(=O)CCCSc1ccccc1)NC1CCCCC1. The Morgan fingerprint density at radius 1 is 1.13 bits per heavy atom. The molecule has 1 aliphatic rings. The number of nitrogens with one attached hydrogen (secondary N) is 1. The molecular formula is C18H25NO3S. The Balaban J connectivity index is 1.51. The molecule has 0 aliphatic heterocycles. The molecule has 5 heteroatoms. The molecule has 4 nitrogen and oxygen atoms in total. The van der Waals surface area contributed by atoms with Crippen molar-refractivity contribution >= 4 is 23.6 Å². The molecule has 1 aromatic rings. The van der Waals surface area contributed by atoms with E-state index in [0.717, 1.165) is 25.0 Å². The van der Waals surface area contributed by atoms with Crippen LogP contribution in [0.3, 0.4) is 0 Å². The van der Waals surface area contributed by atoms with Gasteiger partial charge in [0, 0.05) is 17.4 Å². The number of thioether (sulfide) groups is 1. The van der Waals surface area contributed by atoms with Gasteiger partial charge in [-0.05, 0) is 37.1 Å². The minimum absolute atomic E-state index is 0.152. The number of hydrogen-bond donors (Lipinski definition) is 1. The molecule has 1 aliphatic carbocycles. The van der Waals surface area contributed by atoms with E-state index in [4.69, 9.17) is 4.74 Å². The van der Waals surface area contributed by atoms with Crippen LogP contribution in [0.2, 0.25) is 0 Å². The average Bonchev–Trinajstić information content (AvgIpc) is 2.59. The largest absolute Gasteiger partial charge is 0.456 e. The summed E-state index contributed by atoms with van der Waals surface area (Å²) in [7, 11) is 0. The Hall–Kier alpha value is -1.49. The molecule has 1 amide bonds. The zero-order valence-corrected chi connectivity index (χ0v) is 14.3. The number of hydrogen-bond acceptors (Lipinski definition) is 4. The summed E-state index contributed by atoms with van der Waals surface area (Å²) in [5.41, 5.74) is 0. The van der Waals surface area contributed by atoms with E-state index in [1.165, 1.54) is 24.2 Å². The van der Waals surface area contributed by atoms with E-state index in [-0.39, 0.29) is 24.5 Å². The van der Waals surface area contributed by atoms with Crippen LogP contribution in [0.25, 0.3) is 0 Å². The molecule has 1 fully saturated rings. The van der Waals surface area contributed by atoms with Crippen molar-refractivity contribution in [2.45, 2.75) is 55.9 Å². The lowest BCUT2D eigenvalue weighted by Crippen LogP contribution is -2.38. The second kappa shape index (κ2) is 10.3. The van der Waals surface area contributed by atoms with Crippen LogP contribution < -0.4 is 5.32 Å². The molecular weight excluding hydrogens is 310 g/mol. The van der Waals surface area contributed by atoms with Crippen molar-refractivity contribution in [2.75, 3.05) is 12.4 Å². The van der Waals surface area contributed by atoms with E-state index >= 15 is 0 Å². The van der Waals surface area contributed by atoms with Crippen LogP contribution in [-0.4, -0.2) is 30.3 Å². The second-order valence-corrected chi connectivity index (χ2v) is 7.00. The molecule has 2 rings (SSSR count). The Bertz CT molecular complexity index is 486. The van der Waals surface area contributed by atoms with E-state index in [2.05, 4.69) is 17.4 Å². The van der Waals surface area contributed by atoms with E-state index in [9.17, 15) is 9.59 Å². The van der Waals surface area contributed by atoms with Crippen LogP contribution >= 0.6 is 11.8 Å². The summed E-state index contributed by atoms with van der Waals surface area (Å²) in [5.74, 6) is 0.397. The van der Waals surface area contributed by atoms with Crippen LogP contribution in [0.5, 0.6) is 0 Å². The quantitative estimate of drug-likeness (QED) is 0.448. The van der Waals surface area contributed by atoms with Gasteiger partial charge in [-0.2, -0.15) is 0 Å². The van der Waals surface area contributed by atoms with Gasteiger partial charge in [0.15, 0.2) is 6.61 Å². The lowest BCUT2D eigenvalue weighted by molar-refractivity contribution is -0.148. The van der Waals surface area contributed by atoms with Gasteiger partial charge in [0.1, 0.15) is 0 Å². The first-order valence-corrected chi connectivity index (χ1v) is 9.35. The summed E-state index contributed by atoms with van der Waals surface area (Å²) in [6.07, 6.45) is 6.78. The minimum atomic E-state index is -0.294. The number of carbonyl (C=O) groups is 2. The molecule has 126 valence electrons. The first-order valence-electron chi connectivity index (χ1n) is 8.37. The Morgan fingerprint density at radius 2 is 1.87 bits per heavy atom. The third-order valence-electron chi connectivity index (χ3n) is 3.87. The molecule has 0 unspecified atom stereocenters. The molecule has 1 aromatic carbocycles. The maximum atomic E-state index is 11.7. The highest BCUT2D eigenvalue weighted by atomic mass is 32.2. The number of carbonyl (C=O) groups excluding carboxylic acids is 2. The summed E-state index contributed by atoms with van der Waals surface area (Å²) in [5, 5.41) is 2.94. The van der Waals surface area contributed by atoms with Gasteiger partial charge in [0.05, 0.1) is 0 Å². The Morgan fingerprint density at radius 3 is 2.61 bits per heavy atom. The van der Waals surface area contributed by atoms with Crippen LogP contribution in [0.15, 0.2) is 35.2 Å².